The molecule has 1 aromatic carbocycles. The van der Waals surface area contributed by atoms with Crippen LogP contribution < -0.4 is 11.1 Å². The van der Waals surface area contributed by atoms with Crippen LogP contribution in [0.5, 0.6) is 0 Å². The smallest absolute Gasteiger partial charge is 0.234 e. The van der Waals surface area contributed by atoms with E-state index < -0.39 is 0 Å². The van der Waals surface area contributed by atoms with Gasteiger partial charge in [0.05, 0.1) is 5.75 Å². The molecule has 6 nitrogen and oxygen atoms in total. The Labute approximate surface area is 133 Å². The first-order chi connectivity index (χ1) is 10.5. The predicted molar refractivity (Wildman–Crippen MR) is 89.9 cm³/mol. The number of anilines is 2. The number of aryl methyl sites for hydroxylation is 2. The Kier molecular flexibility index (Phi) is 5.21. The number of aromatic nitrogens is 3. The van der Waals surface area contributed by atoms with Crippen LogP contribution in [0.4, 0.5) is 11.6 Å². The number of nitrogen functional groups attached to an aromatic ring is 1. The number of nitrogens with two attached hydrogens (primary N) is 1. The number of amides is 1. The Hall–Kier alpha value is -2.28. The molecule has 1 aromatic heterocycles. The SMILES string of the molecule is C=CCn1c(N)nnc1SCC(=O)Nc1cc(C)cc(C)c1. The number of nitrogens with one attached hydrogen (secondary N) is 1. The van der Waals surface area contributed by atoms with Crippen LogP contribution >= 0.6 is 11.8 Å². The van der Waals surface area contributed by atoms with Gasteiger partial charge >= 0.3 is 0 Å². The van der Waals surface area contributed by atoms with Crippen molar-refractivity contribution in [2.75, 3.05) is 16.8 Å². The van der Waals surface area contributed by atoms with Crippen LogP contribution in [-0.2, 0) is 11.3 Å². The number of thioether (sulfide) groups is 1. The predicted octanol–water partition coefficient (Wildman–Crippen LogP) is 2.39. The number of hydrogen-bond acceptors (Lipinski definition) is 5. The quantitative estimate of drug-likeness (QED) is 0.631. The minimum atomic E-state index is -0.0956. The Morgan fingerprint density at radius 3 is 2.68 bits per heavy atom. The second-order valence-electron chi connectivity index (χ2n) is 4.95. The molecule has 2 aromatic rings. The molecule has 0 radical (unpaired) electrons. The molecule has 0 aliphatic carbocycles. The summed E-state index contributed by atoms with van der Waals surface area (Å²) in [6.45, 7) is 8.17. The standard InChI is InChI=1S/C15H19N5OS/c1-4-5-20-14(16)18-19-15(20)22-9-13(21)17-12-7-10(2)6-11(3)8-12/h4,6-8H,1,5,9H2,2-3H3,(H2,16,18)(H,17,21). The molecule has 0 fully saturated rings. The molecular formula is C15H19N5OS. The Morgan fingerprint density at radius 2 is 2.05 bits per heavy atom. The number of hydrogen-bond donors (Lipinski definition) is 2. The summed E-state index contributed by atoms with van der Waals surface area (Å²) < 4.78 is 1.71. The maximum absolute atomic E-state index is 12.0. The molecule has 1 heterocycles. The molecule has 0 unspecified atom stereocenters. The second-order valence-corrected chi connectivity index (χ2v) is 5.90. The molecule has 0 saturated carbocycles. The first-order valence-electron chi connectivity index (χ1n) is 6.80. The lowest BCUT2D eigenvalue weighted by Gasteiger charge is -2.08. The zero-order valence-electron chi connectivity index (χ0n) is 12.7. The number of nitrogens with zero attached hydrogens (tertiary/aromatic N) is 3. The van der Waals surface area contributed by atoms with E-state index in [0.717, 1.165) is 16.8 Å². The number of carbonyl (C=O) groups is 1. The van der Waals surface area contributed by atoms with Crippen molar-refractivity contribution in [2.24, 2.45) is 0 Å². The zero-order valence-corrected chi connectivity index (χ0v) is 13.5. The van der Waals surface area contributed by atoms with Crippen LogP contribution in [0.25, 0.3) is 0 Å². The molecule has 1 amide bonds. The lowest BCUT2D eigenvalue weighted by atomic mass is 10.1. The highest BCUT2D eigenvalue weighted by atomic mass is 32.2. The Morgan fingerprint density at radius 1 is 1.36 bits per heavy atom. The summed E-state index contributed by atoms with van der Waals surface area (Å²) in [5.74, 6) is 0.460. The maximum Gasteiger partial charge on any atom is 0.234 e. The van der Waals surface area contributed by atoms with Crippen LogP contribution in [0, 0.1) is 13.8 Å². The highest BCUT2D eigenvalue weighted by Gasteiger charge is 2.11. The Balaban J connectivity index is 1.97. The third-order valence-corrected chi connectivity index (χ3v) is 3.86. The van der Waals surface area contributed by atoms with Crippen molar-refractivity contribution in [1.29, 1.82) is 0 Å². The van der Waals surface area contributed by atoms with Crippen molar-refractivity contribution in [3.05, 3.63) is 42.0 Å². The van der Waals surface area contributed by atoms with Gasteiger partial charge in [-0.2, -0.15) is 0 Å². The van der Waals surface area contributed by atoms with Gasteiger partial charge in [-0.3, -0.25) is 9.36 Å². The number of allylic oxidation sites excluding steroid dienone is 1. The van der Waals surface area contributed by atoms with Gasteiger partial charge in [0.1, 0.15) is 0 Å². The molecule has 0 bridgehead atoms. The molecule has 7 heteroatoms. The molecule has 0 spiro atoms. The Bertz CT molecular complexity index is 675. The molecule has 22 heavy (non-hydrogen) atoms. The van der Waals surface area contributed by atoms with Crippen LogP contribution in [0.1, 0.15) is 11.1 Å². The van der Waals surface area contributed by atoms with Crippen LogP contribution in [-0.4, -0.2) is 26.4 Å². The van der Waals surface area contributed by atoms with Gasteiger partial charge in [0.25, 0.3) is 0 Å². The van der Waals surface area contributed by atoms with Gasteiger partial charge in [0, 0.05) is 12.2 Å². The zero-order chi connectivity index (χ0) is 16.1. The molecule has 0 saturated heterocycles. The molecule has 0 aliphatic rings. The van der Waals surface area contributed by atoms with Gasteiger partial charge in [-0.15, -0.1) is 16.8 Å². The van der Waals surface area contributed by atoms with E-state index in [-0.39, 0.29) is 11.7 Å². The lowest BCUT2D eigenvalue weighted by Crippen LogP contribution is -2.15. The normalized spacial score (nSPS) is 10.5. The van der Waals surface area contributed by atoms with Crippen molar-refractivity contribution in [1.82, 2.24) is 14.8 Å². The van der Waals surface area contributed by atoms with E-state index in [4.69, 9.17) is 5.73 Å². The van der Waals surface area contributed by atoms with E-state index in [2.05, 4.69) is 28.2 Å². The largest absolute Gasteiger partial charge is 0.368 e. The number of carbonyl (C=O) groups excluding carboxylic acids is 1. The fraction of sp³-hybridized carbons (Fsp3) is 0.267. The van der Waals surface area contributed by atoms with E-state index >= 15 is 0 Å². The lowest BCUT2D eigenvalue weighted by molar-refractivity contribution is -0.113. The van der Waals surface area contributed by atoms with Crippen LogP contribution in [0.15, 0.2) is 36.0 Å². The molecule has 116 valence electrons. The van der Waals surface area contributed by atoms with Crippen LogP contribution in [0.2, 0.25) is 0 Å². The van der Waals surface area contributed by atoms with Gasteiger partial charge in [0.2, 0.25) is 11.9 Å². The number of benzene rings is 1. The van der Waals surface area contributed by atoms with Crippen molar-refractivity contribution in [2.45, 2.75) is 25.5 Å². The average molecular weight is 317 g/mol. The number of rotatable bonds is 6. The van der Waals surface area contributed by atoms with E-state index in [0.29, 0.717) is 17.6 Å². The van der Waals surface area contributed by atoms with Crippen molar-refractivity contribution < 1.29 is 4.79 Å². The van der Waals surface area contributed by atoms with Gasteiger partial charge < -0.3 is 11.1 Å². The highest BCUT2D eigenvalue weighted by Crippen LogP contribution is 2.19. The summed E-state index contributed by atoms with van der Waals surface area (Å²) in [5, 5.41) is 11.3. The van der Waals surface area contributed by atoms with Gasteiger partial charge in [-0.05, 0) is 37.1 Å². The fourth-order valence-electron chi connectivity index (χ4n) is 2.08. The summed E-state index contributed by atoms with van der Waals surface area (Å²) in [5.41, 5.74) is 8.74. The average Bonchev–Trinajstić information content (AvgIpc) is 2.77. The first-order valence-corrected chi connectivity index (χ1v) is 7.78. The maximum atomic E-state index is 12.0. The molecule has 3 N–H and O–H groups in total. The van der Waals surface area contributed by atoms with Gasteiger partial charge in [0.15, 0.2) is 5.16 Å². The monoisotopic (exact) mass is 317 g/mol. The van der Waals surface area contributed by atoms with E-state index in [1.54, 1.807) is 10.6 Å². The fourth-order valence-corrected chi connectivity index (χ4v) is 2.84. The molecule has 0 aliphatic heterocycles. The molecular weight excluding hydrogens is 298 g/mol. The van der Waals surface area contributed by atoms with E-state index in [9.17, 15) is 4.79 Å². The third-order valence-electron chi connectivity index (χ3n) is 2.89. The van der Waals surface area contributed by atoms with Gasteiger partial charge in [-0.1, -0.05) is 23.9 Å². The second kappa shape index (κ2) is 7.13. The van der Waals surface area contributed by atoms with E-state index in [1.807, 2.05) is 26.0 Å². The topological polar surface area (TPSA) is 85.8 Å². The van der Waals surface area contributed by atoms with Crippen molar-refractivity contribution in [3.8, 4) is 0 Å². The molecule has 0 atom stereocenters. The third kappa shape index (κ3) is 4.11. The summed E-state index contributed by atoms with van der Waals surface area (Å²) in [6, 6.07) is 5.94. The summed E-state index contributed by atoms with van der Waals surface area (Å²) in [4.78, 5) is 12.0. The van der Waals surface area contributed by atoms with Crippen molar-refractivity contribution >= 4 is 29.3 Å². The van der Waals surface area contributed by atoms with Crippen LogP contribution in [0.3, 0.4) is 0 Å². The first kappa shape index (κ1) is 16.1. The summed E-state index contributed by atoms with van der Waals surface area (Å²) in [7, 11) is 0. The summed E-state index contributed by atoms with van der Waals surface area (Å²) in [6.07, 6.45) is 1.71. The van der Waals surface area contributed by atoms with Gasteiger partial charge in [-0.25, -0.2) is 0 Å². The van der Waals surface area contributed by atoms with Crippen molar-refractivity contribution in [3.63, 3.8) is 0 Å². The summed E-state index contributed by atoms with van der Waals surface area (Å²) >= 11 is 1.29. The highest BCUT2D eigenvalue weighted by molar-refractivity contribution is 7.99. The minimum absolute atomic E-state index is 0.0956. The van der Waals surface area contributed by atoms with E-state index in [1.165, 1.54) is 11.8 Å². The minimum Gasteiger partial charge on any atom is -0.368 e. The molecule has 2 rings (SSSR count).